The number of methoxy groups -OCH3 is 1. The molecule has 2 heterocycles. The second-order valence-corrected chi connectivity index (χ2v) is 6.14. The van der Waals surface area contributed by atoms with Crippen LogP contribution in [0, 0.1) is 0 Å². The Morgan fingerprint density at radius 3 is 2.73 bits per heavy atom. The van der Waals surface area contributed by atoms with Crippen LogP contribution in [-0.2, 0) is 9.53 Å². The van der Waals surface area contributed by atoms with Crippen molar-refractivity contribution in [3.05, 3.63) is 48.9 Å². The molecule has 0 fully saturated rings. The Morgan fingerprint density at radius 2 is 2.00 bits per heavy atom. The fourth-order valence-corrected chi connectivity index (χ4v) is 2.86. The number of nitrogens with zero attached hydrogens (tertiary/aromatic N) is 4. The van der Waals surface area contributed by atoms with Gasteiger partial charge in [-0.15, -0.1) is 0 Å². The summed E-state index contributed by atoms with van der Waals surface area (Å²) in [6, 6.07) is 9.52. The lowest BCUT2D eigenvalue weighted by Crippen LogP contribution is -2.07. The van der Waals surface area contributed by atoms with Crippen molar-refractivity contribution >= 4 is 17.7 Å². The minimum Gasteiger partial charge on any atom is -0.497 e. The van der Waals surface area contributed by atoms with Gasteiger partial charge in [-0.1, -0.05) is 23.9 Å². The predicted molar refractivity (Wildman–Crippen MR) is 98.5 cm³/mol. The van der Waals surface area contributed by atoms with Gasteiger partial charge in [0, 0.05) is 24.0 Å². The van der Waals surface area contributed by atoms with E-state index in [0.29, 0.717) is 17.6 Å². The maximum Gasteiger partial charge on any atom is 0.316 e. The Balaban J connectivity index is 1.74. The first-order chi connectivity index (χ1) is 12.7. The van der Waals surface area contributed by atoms with Crippen LogP contribution in [0.1, 0.15) is 6.92 Å². The summed E-state index contributed by atoms with van der Waals surface area (Å²) in [6.07, 6.45) is 5.31. The summed E-state index contributed by atoms with van der Waals surface area (Å²) in [4.78, 5) is 20.1. The van der Waals surface area contributed by atoms with E-state index in [9.17, 15) is 4.79 Å². The Kier molecular flexibility index (Phi) is 5.85. The summed E-state index contributed by atoms with van der Waals surface area (Å²) < 4.78 is 11.8. The SMILES string of the molecule is CCOC(=O)CSc1nccc(-n2cc(-c3ccc(OC)cc3)cn2)n1. The minimum atomic E-state index is -0.285. The maximum atomic E-state index is 11.5. The molecule has 0 N–H and O–H groups in total. The van der Waals surface area contributed by atoms with E-state index in [1.54, 1.807) is 37.2 Å². The molecule has 0 unspecified atom stereocenters. The van der Waals surface area contributed by atoms with Crippen LogP contribution >= 0.6 is 11.8 Å². The molecule has 0 aliphatic rings. The summed E-state index contributed by atoms with van der Waals surface area (Å²) in [5.74, 6) is 1.33. The molecule has 26 heavy (non-hydrogen) atoms. The van der Waals surface area contributed by atoms with Crippen LogP contribution in [0.15, 0.2) is 54.1 Å². The van der Waals surface area contributed by atoms with Gasteiger partial charge in [0.25, 0.3) is 0 Å². The van der Waals surface area contributed by atoms with Gasteiger partial charge in [-0.2, -0.15) is 5.10 Å². The third-order valence-electron chi connectivity index (χ3n) is 3.48. The molecule has 2 aromatic heterocycles. The molecule has 0 radical (unpaired) electrons. The molecule has 0 saturated carbocycles. The molecule has 3 rings (SSSR count). The number of thioether (sulfide) groups is 1. The largest absolute Gasteiger partial charge is 0.497 e. The highest BCUT2D eigenvalue weighted by molar-refractivity contribution is 7.99. The summed E-state index contributed by atoms with van der Waals surface area (Å²) in [6.45, 7) is 2.14. The number of ether oxygens (including phenoxy) is 2. The fraction of sp³-hybridized carbons (Fsp3) is 0.222. The lowest BCUT2D eigenvalue weighted by molar-refractivity contribution is -0.139. The van der Waals surface area contributed by atoms with E-state index in [1.165, 1.54) is 11.8 Å². The molecule has 0 bridgehead atoms. The smallest absolute Gasteiger partial charge is 0.316 e. The summed E-state index contributed by atoms with van der Waals surface area (Å²) in [5.41, 5.74) is 2.00. The van der Waals surface area contributed by atoms with Gasteiger partial charge in [-0.05, 0) is 24.6 Å². The highest BCUT2D eigenvalue weighted by Gasteiger charge is 2.09. The highest BCUT2D eigenvalue weighted by Crippen LogP contribution is 2.23. The third kappa shape index (κ3) is 4.40. The number of aromatic nitrogens is 4. The summed E-state index contributed by atoms with van der Waals surface area (Å²) >= 11 is 1.23. The van der Waals surface area contributed by atoms with E-state index in [2.05, 4.69) is 15.1 Å². The number of carbonyl (C=O) groups excluding carboxylic acids is 1. The molecule has 0 spiro atoms. The summed E-state index contributed by atoms with van der Waals surface area (Å²) in [5, 5.41) is 4.86. The van der Waals surface area contributed by atoms with Crippen molar-refractivity contribution in [3.63, 3.8) is 0 Å². The topological polar surface area (TPSA) is 79.1 Å². The molecule has 1 aromatic carbocycles. The van der Waals surface area contributed by atoms with Crippen LogP contribution in [0.2, 0.25) is 0 Å². The molecule has 0 aliphatic carbocycles. The Morgan fingerprint density at radius 1 is 1.19 bits per heavy atom. The van der Waals surface area contributed by atoms with Crippen molar-refractivity contribution in [2.75, 3.05) is 19.5 Å². The van der Waals surface area contributed by atoms with Gasteiger partial charge in [0.05, 0.1) is 25.7 Å². The molecule has 0 atom stereocenters. The Bertz CT molecular complexity index is 880. The Labute approximate surface area is 155 Å². The zero-order valence-electron chi connectivity index (χ0n) is 14.5. The third-order valence-corrected chi connectivity index (χ3v) is 4.32. The molecule has 0 amide bonds. The monoisotopic (exact) mass is 370 g/mol. The van der Waals surface area contributed by atoms with Crippen LogP contribution in [0.25, 0.3) is 16.9 Å². The summed E-state index contributed by atoms with van der Waals surface area (Å²) in [7, 11) is 1.64. The fourth-order valence-electron chi connectivity index (χ4n) is 2.24. The molecular formula is C18H18N4O3S. The van der Waals surface area contributed by atoms with Crippen LogP contribution in [0.5, 0.6) is 5.75 Å². The first-order valence-corrected chi connectivity index (χ1v) is 8.99. The van der Waals surface area contributed by atoms with E-state index in [4.69, 9.17) is 9.47 Å². The van der Waals surface area contributed by atoms with Crippen LogP contribution < -0.4 is 4.74 Å². The molecule has 7 nitrogen and oxygen atoms in total. The number of benzene rings is 1. The number of hydrogen-bond acceptors (Lipinski definition) is 7. The van der Waals surface area contributed by atoms with Crippen molar-refractivity contribution < 1.29 is 14.3 Å². The average molecular weight is 370 g/mol. The Hall–Kier alpha value is -2.87. The highest BCUT2D eigenvalue weighted by atomic mass is 32.2. The van der Waals surface area contributed by atoms with Gasteiger partial charge < -0.3 is 9.47 Å². The van der Waals surface area contributed by atoms with Crippen LogP contribution in [0.4, 0.5) is 0 Å². The quantitative estimate of drug-likeness (QED) is 0.359. The van der Waals surface area contributed by atoms with Gasteiger partial charge in [0.15, 0.2) is 11.0 Å². The standard InChI is InChI=1S/C18H18N4O3S/c1-3-25-17(23)12-26-18-19-9-8-16(21-18)22-11-14(10-20-22)13-4-6-15(24-2)7-5-13/h4-11H,3,12H2,1-2H3. The molecule has 0 aliphatic heterocycles. The van der Waals surface area contributed by atoms with E-state index in [1.807, 2.05) is 30.5 Å². The number of hydrogen-bond donors (Lipinski definition) is 0. The zero-order valence-corrected chi connectivity index (χ0v) is 15.3. The first kappa shape index (κ1) is 17.9. The van der Waals surface area contributed by atoms with Crippen molar-refractivity contribution in [2.24, 2.45) is 0 Å². The second-order valence-electron chi connectivity index (χ2n) is 5.19. The average Bonchev–Trinajstić information content (AvgIpc) is 3.17. The minimum absolute atomic E-state index is 0.174. The predicted octanol–water partition coefficient (Wildman–Crippen LogP) is 2.99. The van der Waals surface area contributed by atoms with Crippen molar-refractivity contribution in [1.82, 2.24) is 19.7 Å². The maximum absolute atomic E-state index is 11.5. The van der Waals surface area contributed by atoms with Gasteiger partial charge in [-0.3, -0.25) is 4.79 Å². The number of rotatable bonds is 7. The molecule has 134 valence electrons. The van der Waals surface area contributed by atoms with Gasteiger partial charge >= 0.3 is 5.97 Å². The molecule has 8 heteroatoms. The molecule has 3 aromatic rings. The lowest BCUT2D eigenvalue weighted by atomic mass is 10.1. The number of carbonyl (C=O) groups is 1. The zero-order chi connectivity index (χ0) is 18.4. The van der Waals surface area contributed by atoms with Crippen LogP contribution in [0.3, 0.4) is 0 Å². The molecule has 0 saturated heterocycles. The van der Waals surface area contributed by atoms with Crippen LogP contribution in [-0.4, -0.2) is 45.2 Å². The van der Waals surface area contributed by atoms with Crippen molar-refractivity contribution in [2.45, 2.75) is 12.1 Å². The van der Waals surface area contributed by atoms with E-state index in [0.717, 1.165) is 16.9 Å². The number of esters is 1. The first-order valence-electron chi connectivity index (χ1n) is 8.00. The van der Waals surface area contributed by atoms with E-state index >= 15 is 0 Å². The van der Waals surface area contributed by atoms with Crippen molar-refractivity contribution in [3.8, 4) is 22.7 Å². The molecular weight excluding hydrogens is 352 g/mol. The van der Waals surface area contributed by atoms with Gasteiger partial charge in [-0.25, -0.2) is 14.6 Å². The second kappa shape index (κ2) is 8.48. The normalized spacial score (nSPS) is 10.5. The van der Waals surface area contributed by atoms with E-state index < -0.39 is 0 Å². The van der Waals surface area contributed by atoms with Gasteiger partial charge in [0.1, 0.15) is 5.75 Å². The lowest BCUT2D eigenvalue weighted by Gasteiger charge is -2.04. The van der Waals surface area contributed by atoms with E-state index in [-0.39, 0.29) is 11.7 Å². The van der Waals surface area contributed by atoms with Gasteiger partial charge in [0.2, 0.25) is 0 Å². The van der Waals surface area contributed by atoms with Crippen molar-refractivity contribution in [1.29, 1.82) is 0 Å².